The lowest BCUT2D eigenvalue weighted by atomic mass is 10.1. The number of ether oxygens (including phenoxy) is 1. The van der Waals surface area contributed by atoms with Gasteiger partial charge in [-0.05, 0) is 25.2 Å². The van der Waals surface area contributed by atoms with Crippen molar-refractivity contribution in [1.82, 2.24) is 0 Å². The molecule has 0 saturated carbocycles. The van der Waals surface area contributed by atoms with Gasteiger partial charge in [0.25, 0.3) is 0 Å². The van der Waals surface area contributed by atoms with Crippen molar-refractivity contribution in [3.8, 4) is 0 Å². The van der Waals surface area contributed by atoms with Crippen LogP contribution in [0, 0.1) is 5.92 Å². The SMILES string of the molecule is C=CCCCC(C)COC(C)=O. The van der Waals surface area contributed by atoms with E-state index >= 15 is 0 Å². The summed E-state index contributed by atoms with van der Waals surface area (Å²) >= 11 is 0. The quantitative estimate of drug-likeness (QED) is 0.348. The summed E-state index contributed by atoms with van der Waals surface area (Å²) in [5, 5.41) is 0. The fourth-order valence-electron chi connectivity index (χ4n) is 0.954. The van der Waals surface area contributed by atoms with Gasteiger partial charge in [0.2, 0.25) is 0 Å². The molecule has 0 bridgehead atoms. The predicted molar refractivity (Wildman–Crippen MR) is 49.8 cm³/mol. The first-order valence-corrected chi connectivity index (χ1v) is 4.41. The molecule has 0 aliphatic rings. The second kappa shape index (κ2) is 6.89. The Morgan fingerprint density at radius 3 is 2.83 bits per heavy atom. The smallest absolute Gasteiger partial charge is 0.302 e. The van der Waals surface area contributed by atoms with Crippen LogP contribution >= 0.6 is 0 Å². The Morgan fingerprint density at radius 2 is 2.33 bits per heavy atom. The fourth-order valence-corrected chi connectivity index (χ4v) is 0.954. The molecule has 0 aromatic carbocycles. The normalized spacial score (nSPS) is 12.2. The van der Waals surface area contributed by atoms with Gasteiger partial charge in [-0.3, -0.25) is 4.79 Å². The van der Waals surface area contributed by atoms with Gasteiger partial charge in [-0.25, -0.2) is 0 Å². The average Bonchev–Trinajstić information content (AvgIpc) is 2.01. The number of hydrogen-bond donors (Lipinski definition) is 0. The summed E-state index contributed by atoms with van der Waals surface area (Å²) < 4.78 is 4.87. The van der Waals surface area contributed by atoms with Gasteiger partial charge in [0.05, 0.1) is 6.61 Å². The first-order valence-electron chi connectivity index (χ1n) is 4.41. The summed E-state index contributed by atoms with van der Waals surface area (Å²) in [4.78, 5) is 10.4. The maximum absolute atomic E-state index is 10.4. The lowest BCUT2D eigenvalue weighted by Crippen LogP contribution is -2.08. The molecule has 0 rings (SSSR count). The highest BCUT2D eigenvalue weighted by Gasteiger charge is 2.02. The van der Waals surface area contributed by atoms with Crippen LogP contribution < -0.4 is 0 Å². The molecule has 70 valence electrons. The van der Waals surface area contributed by atoms with Gasteiger partial charge in [-0.15, -0.1) is 6.58 Å². The van der Waals surface area contributed by atoms with E-state index < -0.39 is 0 Å². The van der Waals surface area contributed by atoms with E-state index in [1.165, 1.54) is 6.92 Å². The minimum Gasteiger partial charge on any atom is -0.466 e. The van der Waals surface area contributed by atoms with E-state index in [2.05, 4.69) is 13.5 Å². The molecule has 2 heteroatoms. The summed E-state index contributed by atoms with van der Waals surface area (Å²) in [5.74, 6) is 0.277. The van der Waals surface area contributed by atoms with Crippen molar-refractivity contribution in [3.63, 3.8) is 0 Å². The van der Waals surface area contributed by atoms with Crippen LogP contribution in [0.4, 0.5) is 0 Å². The van der Waals surface area contributed by atoms with Gasteiger partial charge in [-0.2, -0.15) is 0 Å². The number of hydrogen-bond acceptors (Lipinski definition) is 2. The number of allylic oxidation sites excluding steroid dienone is 1. The van der Waals surface area contributed by atoms with Crippen LogP contribution in [0.2, 0.25) is 0 Å². The molecule has 0 aromatic heterocycles. The lowest BCUT2D eigenvalue weighted by Gasteiger charge is -2.09. The molecule has 2 nitrogen and oxygen atoms in total. The third-order valence-electron chi connectivity index (χ3n) is 1.68. The molecule has 0 aromatic rings. The van der Waals surface area contributed by atoms with E-state index in [9.17, 15) is 4.79 Å². The molecule has 1 unspecified atom stereocenters. The Bertz CT molecular complexity index is 141. The van der Waals surface area contributed by atoms with Gasteiger partial charge in [0.1, 0.15) is 0 Å². The van der Waals surface area contributed by atoms with Crippen molar-refractivity contribution in [3.05, 3.63) is 12.7 Å². The van der Waals surface area contributed by atoms with Crippen LogP contribution in [0.5, 0.6) is 0 Å². The number of unbranched alkanes of at least 4 members (excludes halogenated alkanes) is 1. The third-order valence-corrected chi connectivity index (χ3v) is 1.68. The molecule has 0 amide bonds. The number of esters is 1. The summed E-state index contributed by atoms with van der Waals surface area (Å²) in [7, 11) is 0. The van der Waals surface area contributed by atoms with Crippen molar-refractivity contribution in [2.45, 2.75) is 33.1 Å². The minimum absolute atomic E-state index is 0.189. The molecule has 0 aliphatic carbocycles. The Balaban J connectivity index is 3.26. The molecule has 0 saturated heterocycles. The zero-order valence-electron chi connectivity index (χ0n) is 8.01. The van der Waals surface area contributed by atoms with Crippen molar-refractivity contribution >= 4 is 5.97 Å². The first-order chi connectivity index (χ1) is 5.66. The first kappa shape index (κ1) is 11.2. The molecule has 12 heavy (non-hydrogen) atoms. The summed E-state index contributed by atoms with van der Waals surface area (Å²) in [6.45, 7) is 7.72. The van der Waals surface area contributed by atoms with Crippen LogP contribution in [0.1, 0.15) is 33.1 Å². The van der Waals surface area contributed by atoms with Gasteiger partial charge in [-0.1, -0.05) is 13.0 Å². The molecule has 0 radical (unpaired) electrons. The minimum atomic E-state index is -0.189. The standard InChI is InChI=1S/C10H18O2/c1-4-5-6-7-9(2)8-12-10(3)11/h4,9H,1,5-8H2,2-3H3. The third kappa shape index (κ3) is 7.32. The van der Waals surface area contributed by atoms with Crippen molar-refractivity contribution in [1.29, 1.82) is 0 Å². The van der Waals surface area contributed by atoms with Crippen LogP contribution in [0.3, 0.4) is 0 Å². The Hall–Kier alpha value is -0.790. The van der Waals surface area contributed by atoms with Gasteiger partial charge < -0.3 is 4.74 Å². The second-order valence-electron chi connectivity index (χ2n) is 3.13. The second-order valence-corrected chi connectivity index (χ2v) is 3.13. The van der Waals surface area contributed by atoms with E-state index in [1.54, 1.807) is 0 Å². The zero-order chi connectivity index (χ0) is 9.40. The Kier molecular flexibility index (Phi) is 6.44. The zero-order valence-corrected chi connectivity index (χ0v) is 8.01. The molecule has 0 fully saturated rings. The van der Waals surface area contributed by atoms with Crippen LogP contribution in [-0.4, -0.2) is 12.6 Å². The summed E-state index contributed by atoms with van der Waals surface area (Å²) in [6, 6.07) is 0. The molecule has 1 atom stereocenters. The largest absolute Gasteiger partial charge is 0.466 e. The topological polar surface area (TPSA) is 26.3 Å². The summed E-state index contributed by atoms with van der Waals surface area (Å²) in [5.41, 5.74) is 0. The van der Waals surface area contributed by atoms with E-state index in [0.29, 0.717) is 12.5 Å². The van der Waals surface area contributed by atoms with Gasteiger partial charge >= 0.3 is 5.97 Å². The number of rotatable bonds is 6. The van der Waals surface area contributed by atoms with Crippen molar-refractivity contribution in [2.75, 3.05) is 6.61 Å². The lowest BCUT2D eigenvalue weighted by molar-refractivity contribution is -0.142. The maximum Gasteiger partial charge on any atom is 0.302 e. The number of carbonyl (C=O) groups excluding carboxylic acids is 1. The van der Waals surface area contributed by atoms with Gasteiger partial charge in [0.15, 0.2) is 0 Å². The Morgan fingerprint density at radius 1 is 1.67 bits per heavy atom. The van der Waals surface area contributed by atoms with E-state index in [4.69, 9.17) is 4.74 Å². The molecular weight excluding hydrogens is 152 g/mol. The number of carbonyl (C=O) groups is 1. The average molecular weight is 170 g/mol. The van der Waals surface area contributed by atoms with E-state index in [0.717, 1.165) is 19.3 Å². The monoisotopic (exact) mass is 170 g/mol. The van der Waals surface area contributed by atoms with E-state index in [1.807, 2.05) is 6.08 Å². The van der Waals surface area contributed by atoms with Crippen LogP contribution in [0.15, 0.2) is 12.7 Å². The molecule has 0 aliphatic heterocycles. The van der Waals surface area contributed by atoms with Crippen LogP contribution in [0.25, 0.3) is 0 Å². The predicted octanol–water partition coefficient (Wildman–Crippen LogP) is 2.54. The van der Waals surface area contributed by atoms with E-state index in [-0.39, 0.29) is 5.97 Å². The summed E-state index contributed by atoms with van der Waals surface area (Å²) in [6.07, 6.45) is 5.19. The fraction of sp³-hybridized carbons (Fsp3) is 0.700. The molecule has 0 heterocycles. The molecular formula is C10H18O2. The van der Waals surface area contributed by atoms with Crippen molar-refractivity contribution in [2.24, 2.45) is 5.92 Å². The van der Waals surface area contributed by atoms with Gasteiger partial charge in [0, 0.05) is 6.92 Å². The Labute approximate surface area is 74.6 Å². The van der Waals surface area contributed by atoms with Crippen LogP contribution in [-0.2, 0) is 9.53 Å². The van der Waals surface area contributed by atoms with Crippen molar-refractivity contribution < 1.29 is 9.53 Å². The highest BCUT2D eigenvalue weighted by Crippen LogP contribution is 2.08. The highest BCUT2D eigenvalue weighted by molar-refractivity contribution is 5.65. The molecule has 0 N–H and O–H groups in total. The highest BCUT2D eigenvalue weighted by atomic mass is 16.5. The molecule has 0 spiro atoms. The maximum atomic E-state index is 10.4.